The summed E-state index contributed by atoms with van der Waals surface area (Å²) in [6, 6.07) is 12.6. The van der Waals surface area contributed by atoms with Gasteiger partial charge >= 0.3 is 0 Å². The highest BCUT2D eigenvalue weighted by atomic mass is 16.2. The fourth-order valence-electron chi connectivity index (χ4n) is 5.39. The van der Waals surface area contributed by atoms with Crippen molar-refractivity contribution in [2.24, 2.45) is 5.92 Å². The second-order valence-electron chi connectivity index (χ2n) is 9.49. The molecule has 1 aromatic carbocycles. The molecule has 2 amide bonds. The van der Waals surface area contributed by atoms with Crippen LogP contribution in [0.1, 0.15) is 80.6 Å². The Hall–Kier alpha value is -2.69. The van der Waals surface area contributed by atoms with Crippen LogP contribution in [0.25, 0.3) is 11.3 Å². The van der Waals surface area contributed by atoms with E-state index in [1.54, 1.807) is 6.20 Å². The van der Waals surface area contributed by atoms with E-state index >= 15 is 0 Å². The van der Waals surface area contributed by atoms with E-state index in [1.165, 1.54) is 37.7 Å². The number of hydrogen-bond acceptors (Lipinski definition) is 3. The van der Waals surface area contributed by atoms with Crippen molar-refractivity contribution in [3.63, 3.8) is 0 Å². The summed E-state index contributed by atoms with van der Waals surface area (Å²) in [6.07, 6.45) is 10.0. The van der Waals surface area contributed by atoms with Gasteiger partial charge < -0.3 is 9.80 Å². The molecule has 1 aliphatic carbocycles. The van der Waals surface area contributed by atoms with E-state index in [-0.39, 0.29) is 17.7 Å². The lowest BCUT2D eigenvalue weighted by molar-refractivity contribution is -0.136. The highest BCUT2D eigenvalue weighted by Gasteiger charge is 2.31. The first-order chi connectivity index (χ1) is 16.1. The van der Waals surface area contributed by atoms with Crippen molar-refractivity contribution in [1.29, 1.82) is 0 Å². The zero-order valence-corrected chi connectivity index (χ0v) is 20.1. The van der Waals surface area contributed by atoms with Crippen LogP contribution < -0.4 is 0 Å². The SMILES string of the molecule is CCN(CC)C(=O)C1CCCN(C(=O)c2ccc(-c3ccc(C4CCCCC4)cc3)nc2)C1. The van der Waals surface area contributed by atoms with Gasteiger partial charge in [-0.15, -0.1) is 0 Å². The first kappa shape index (κ1) is 23.5. The van der Waals surface area contributed by atoms with Crippen LogP contribution in [0.3, 0.4) is 0 Å². The van der Waals surface area contributed by atoms with E-state index in [9.17, 15) is 9.59 Å². The van der Waals surface area contributed by atoms with Gasteiger partial charge in [-0.3, -0.25) is 14.6 Å². The minimum Gasteiger partial charge on any atom is -0.343 e. The Morgan fingerprint density at radius 2 is 1.67 bits per heavy atom. The molecule has 0 N–H and O–H groups in total. The van der Waals surface area contributed by atoms with Crippen LogP contribution in [0.2, 0.25) is 0 Å². The average Bonchev–Trinajstić information content (AvgIpc) is 2.89. The molecule has 1 aromatic heterocycles. The van der Waals surface area contributed by atoms with Crippen LogP contribution in [-0.2, 0) is 4.79 Å². The molecule has 2 aliphatic rings. The van der Waals surface area contributed by atoms with Crippen LogP contribution in [0, 0.1) is 5.92 Å². The monoisotopic (exact) mass is 447 g/mol. The number of carbonyl (C=O) groups is 2. The number of benzene rings is 1. The maximum absolute atomic E-state index is 13.1. The summed E-state index contributed by atoms with van der Waals surface area (Å²) in [5.74, 6) is 0.738. The number of aromatic nitrogens is 1. The number of pyridine rings is 1. The van der Waals surface area contributed by atoms with Gasteiger partial charge in [0.25, 0.3) is 5.91 Å². The van der Waals surface area contributed by atoms with Gasteiger partial charge in [0.2, 0.25) is 5.91 Å². The highest BCUT2D eigenvalue weighted by Crippen LogP contribution is 2.33. The maximum Gasteiger partial charge on any atom is 0.255 e. The van der Waals surface area contributed by atoms with Crippen molar-refractivity contribution in [2.75, 3.05) is 26.2 Å². The number of carbonyl (C=O) groups excluding carboxylic acids is 2. The van der Waals surface area contributed by atoms with E-state index in [0.717, 1.165) is 24.1 Å². The van der Waals surface area contributed by atoms with E-state index in [0.29, 0.717) is 37.7 Å². The van der Waals surface area contributed by atoms with Crippen molar-refractivity contribution < 1.29 is 9.59 Å². The summed E-state index contributed by atoms with van der Waals surface area (Å²) in [5, 5.41) is 0. The van der Waals surface area contributed by atoms with Crippen molar-refractivity contribution >= 4 is 11.8 Å². The van der Waals surface area contributed by atoms with Gasteiger partial charge in [0, 0.05) is 37.9 Å². The van der Waals surface area contributed by atoms with Crippen LogP contribution in [-0.4, -0.2) is 52.8 Å². The first-order valence-electron chi connectivity index (χ1n) is 12.7. The molecule has 1 aliphatic heterocycles. The molecule has 1 saturated carbocycles. The summed E-state index contributed by atoms with van der Waals surface area (Å²) in [7, 11) is 0. The van der Waals surface area contributed by atoms with E-state index in [2.05, 4.69) is 29.2 Å². The Morgan fingerprint density at radius 3 is 2.30 bits per heavy atom. The summed E-state index contributed by atoms with van der Waals surface area (Å²) >= 11 is 0. The van der Waals surface area contributed by atoms with Crippen molar-refractivity contribution in [3.05, 3.63) is 53.7 Å². The average molecular weight is 448 g/mol. The molecule has 33 heavy (non-hydrogen) atoms. The normalized spacial score (nSPS) is 19.3. The number of nitrogens with zero attached hydrogens (tertiary/aromatic N) is 3. The zero-order valence-electron chi connectivity index (χ0n) is 20.1. The summed E-state index contributed by atoms with van der Waals surface area (Å²) in [5.41, 5.74) is 3.99. The molecular weight excluding hydrogens is 410 g/mol. The van der Waals surface area contributed by atoms with Gasteiger partial charge in [-0.05, 0) is 63.1 Å². The third-order valence-corrected chi connectivity index (χ3v) is 7.43. The van der Waals surface area contributed by atoms with Gasteiger partial charge in [0.05, 0.1) is 17.2 Å². The van der Waals surface area contributed by atoms with Crippen LogP contribution in [0.4, 0.5) is 0 Å². The zero-order chi connectivity index (χ0) is 23.2. The molecule has 4 rings (SSSR count). The third-order valence-electron chi connectivity index (χ3n) is 7.43. The third kappa shape index (κ3) is 5.45. The number of amides is 2. The van der Waals surface area contributed by atoms with E-state index in [4.69, 9.17) is 0 Å². The van der Waals surface area contributed by atoms with E-state index in [1.807, 2.05) is 35.8 Å². The molecule has 1 saturated heterocycles. The van der Waals surface area contributed by atoms with Crippen molar-refractivity contribution in [1.82, 2.24) is 14.8 Å². The minimum absolute atomic E-state index is 0.0289. The number of hydrogen-bond donors (Lipinski definition) is 0. The second-order valence-corrected chi connectivity index (χ2v) is 9.49. The van der Waals surface area contributed by atoms with Gasteiger partial charge in [-0.1, -0.05) is 43.5 Å². The predicted molar refractivity (Wildman–Crippen MR) is 132 cm³/mol. The number of piperidine rings is 1. The Bertz CT molecular complexity index is 929. The number of likely N-dealkylation sites (tertiary alicyclic amines) is 1. The molecule has 5 nitrogen and oxygen atoms in total. The minimum atomic E-state index is -0.0995. The van der Waals surface area contributed by atoms with Crippen LogP contribution >= 0.6 is 0 Å². The molecular formula is C28H37N3O2. The molecule has 1 atom stereocenters. The van der Waals surface area contributed by atoms with Crippen LogP contribution in [0.5, 0.6) is 0 Å². The fourth-order valence-corrected chi connectivity index (χ4v) is 5.39. The van der Waals surface area contributed by atoms with Gasteiger partial charge in [0.1, 0.15) is 0 Å². The molecule has 5 heteroatoms. The molecule has 0 spiro atoms. The standard InChI is InChI=1S/C28H37N3O2/c1-3-30(4-2)28(33)25-11-8-18-31(20-25)27(32)24-16-17-26(29-19-24)23-14-12-22(13-15-23)21-9-6-5-7-10-21/h12-17,19,21,25H,3-11,18,20H2,1-2H3. The highest BCUT2D eigenvalue weighted by molar-refractivity contribution is 5.94. The predicted octanol–water partition coefficient (Wildman–Crippen LogP) is 5.52. The fraction of sp³-hybridized carbons (Fsp3) is 0.536. The molecule has 2 aromatic rings. The number of rotatable bonds is 6. The largest absolute Gasteiger partial charge is 0.343 e. The molecule has 1 unspecified atom stereocenters. The molecule has 176 valence electrons. The Morgan fingerprint density at radius 1 is 0.939 bits per heavy atom. The van der Waals surface area contributed by atoms with Crippen molar-refractivity contribution in [3.8, 4) is 11.3 Å². The lowest BCUT2D eigenvalue weighted by Gasteiger charge is -2.34. The summed E-state index contributed by atoms with van der Waals surface area (Å²) in [6.45, 7) is 6.64. The molecule has 0 radical (unpaired) electrons. The maximum atomic E-state index is 13.1. The van der Waals surface area contributed by atoms with Crippen molar-refractivity contribution in [2.45, 2.75) is 64.7 Å². The first-order valence-corrected chi connectivity index (χ1v) is 12.7. The molecule has 2 heterocycles. The van der Waals surface area contributed by atoms with Gasteiger partial charge in [-0.25, -0.2) is 0 Å². The summed E-state index contributed by atoms with van der Waals surface area (Å²) < 4.78 is 0. The molecule has 2 fully saturated rings. The Kier molecular flexibility index (Phi) is 7.79. The van der Waals surface area contributed by atoms with Crippen LogP contribution in [0.15, 0.2) is 42.6 Å². The van der Waals surface area contributed by atoms with Gasteiger partial charge in [0.15, 0.2) is 0 Å². The van der Waals surface area contributed by atoms with E-state index < -0.39 is 0 Å². The second kappa shape index (κ2) is 11.0. The topological polar surface area (TPSA) is 53.5 Å². The smallest absolute Gasteiger partial charge is 0.255 e. The lowest BCUT2D eigenvalue weighted by atomic mass is 9.84. The Balaban J connectivity index is 1.40. The Labute approximate surface area is 198 Å². The quantitative estimate of drug-likeness (QED) is 0.586. The molecule has 0 bridgehead atoms. The van der Waals surface area contributed by atoms with Gasteiger partial charge in [-0.2, -0.15) is 0 Å². The lowest BCUT2D eigenvalue weighted by Crippen LogP contribution is -2.46. The summed E-state index contributed by atoms with van der Waals surface area (Å²) in [4.78, 5) is 34.2.